The minimum Gasteiger partial charge on any atom is -0.497 e. The van der Waals surface area contributed by atoms with E-state index in [-0.39, 0.29) is 11.9 Å². The summed E-state index contributed by atoms with van der Waals surface area (Å²) in [7, 11) is 3.59. The standard InChI is InChI=1S/C31H31N7O3S2/c1-38(23-12-4-3-5-13-23)16-8-15-33-30(40)37-31-36-27(32)26(43-31)29-35-25(19-42-29)20-9-6-11-22(17-20)34-28(39)21-10-7-14-24(18-21)41-2/h3-7,9-14,17-19H,8,15-16,32H2,1-2H3,(H,34,39)(H2,33,36,37,40). The largest absolute Gasteiger partial charge is 0.497 e. The Balaban J connectivity index is 1.17. The zero-order chi connectivity index (χ0) is 30.2. The van der Waals surface area contributed by atoms with E-state index in [1.165, 1.54) is 22.7 Å². The number of nitrogen functional groups attached to an aromatic ring is 1. The van der Waals surface area contributed by atoms with E-state index in [0.29, 0.717) is 44.4 Å². The predicted molar refractivity (Wildman–Crippen MR) is 175 cm³/mol. The van der Waals surface area contributed by atoms with Crippen LogP contribution in [-0.4, -0.2) is 49.2 Å². The third-order valence-electron chi connectivity index (χ3n) is 6.47. The minimum atomic E-state index is -0.338. The van der Waals surface area contributed by atoms with E-state index >= 15 is 0 Å². The van der Waals surface area contributed by atoms with Gasteiger partial charge in [-0.2, -0.15) is 0 Å². The molecule has 0 unspecified atom stereocenters. The molecule has 10 nitrogen and oxygen atoms in total. The monoisotopic (exact) mass is 613 g/mol. The van der Waals surface area contributed by atoms with E-state index in [2.05, 4.69) is 38.0 Å². The van der Waals surface area contributed by atoms with E-state index in [0.717, 1.165) is 29.9 Å². The number of ether oxygens (including phenoxy) is 1. The van der Waals surface area contributed by atoms with Crippen LogP contribution in [0.4, 0.5) is 27.1 Å². The van der Waals surface area contributed by atoms with E-state index in [1.807, 2.05) is 54.9 Å². The smallest absolute Gasteiger partial charge is 0.321 e. The lowest BCUT2D eigenvalue weighted by molar-refractivity contribution is 0.102. The van der Waals surface area contributed by atoms with Crippen molar-refractivity contribution in [3.63, 3.8) is 0 Å². The quantitative estimate of drug-likeness (QED) is 0.126. The Morgan fingerprint density at radius 1 is 0.977 bits per heavy atom. The number of amides is 3. The van der Waals surface area contributed by atoms with Crippen molar-refractivity contribution in [3.8, 4) is 26.9 Å². The van der Waals surface area contributed by atoms with Gasteiger partial charge in [0.2, 0.25) is 0 Å². The van der Waals surface area contributed by atoms with Gasteiger partial charge in [0.25, 0.3) is 5.91 Å². The lowest BCUT2D eigenvalue weighted by Gasteiger charge is -2.19. The molecule has 2 aromatic heterocycles. The summed E-state index contributed by atoms with van der Waals surface area (Å²) in [6, 6.07) is 24.2. The van der Waals surface area contributed by atoms with Crippen LogP contribution in [0.25, 0.3) is 21.1 Å². The van der Waals surface area contributed by atoms with Crippen LogP contribution in [0.5, 0.6) is 5.75 Å². The number of benzene rings is 3. The molecule has 3 amide bonds. The van der Waals surface area contributed by atoms with Crippen LogP contribution in [0.15, 0.2) is 84.2 Å². The maximum atomic E-state index is 12.8. The van der Waals surface area contributed by atoms with Crippen molar-refractivity contribution in [3.05, 3.63) is 89.8 Å². The van der Waals surface area contributed by atoms with Crippen molar-refractivity contribution >= 4 is 56.9 Å². The first-order valence-electron chi connectivity index (χ1n) is 13.5. The van der Waals surface area contributed by atoms with Crippen molar-refractivity contribution < 1.29 is 14.3 Å². The summed E-state index contributed by atoms with van der Waals surface area (Å²) >= 11 is 2.69. The number of hydrogen-bond donors (Lipinski definition) is 4. The maximum Gasteiger partial charge on any atom is 0.321 e. The number of nitrogens with zero attached hydrogens (tertiary/aromatic N) is 3. The Kier molecular flexibility index (Phi) is 9.49. The molecule has 0 fully saturated rings. The fourth-order valence-corrected chi connectivity index (χ4v) is 6.05. The number of para-hydroxylation sites is 1. The molecular weight excluding hydrogens is 583 g/mol. The van der Waals surface area contributed by atoms with Crippen LogP contribution in [0, 0.1) is 0 Å². The SMILES string of the molecule is COc1cccc(C(=O)Nc2cccc(-c3csc(-c4sc(NC(=O)NCCCN(C)c5ccccc5)nc4N)n3)c2)c1. The summed E-state index contributed by atoms with van der Waals surface area (Å²) in [6.45, 7) is 1.33. The van der Waals surface area contributed by atoms with Gasteiger partial charge in [-0.25, -0.2) is 14.8 Å². The molecular formula is C31H31N7O3S2. The van der Waals surface area contributed by atoms with Gasteiger partial charge < -0.3 is 26.0 Å². The van der Waals surface area contributed by atoms with Gasteiger partial charge in [-0.15, -0.1) is 11.3 Å². The van der Waals surface area contributed by atoms with Gasteiger partial charge in [-0.3, -0.25) is 10.1 Å². The molecule has 0 aliphatic carbocycles. The third kappa shape index (κ3) is 7.67. The molecule has 0 spiro atoms. The Labute approximate surface area is 257 Å². The van der Waals surface area contributed by atoms with Crippen LogP contribution in [0.1, 0.15) is 16.8 Å². The van der Waals surface area contributed by atoms with E-state index < -0.39 is 0 Å². The topological polar surface area (TPSA) is 134 Å². The number of carbonyl (C=O) groups excluding carboxylic acids is 2. The van der Waals surface area contributed by atoms with E-state index in [4.69, 9.17) is 15.5 Å². The molecule has 5 N–H and O–H groups in total. The number of rotatable bonds is 11. The van der Waals surface area contributed by atoms with Crippen LogP contribution < -0.4 is 31.3 Å². The first-order chi connectivity index (χ1) is 20.9. The van der Waals surface area contributed by atoms with Gasteiger partial charge in [0, 0.05) is 48.0 Å². The number of nitrogens with two attached hydrogens (primary N) is 1. The van der Waals surface area contributed by atoms with Gasteiger partial charge >= 0.3 is 6.03 Å². The fourth-order valence-electron chi connectivity index (χ4n) is 4.24. The Morgan fingerprint density at radius 2 is 1.79 bits per heavy atom. The molecule has 2 heterocycles. The van der Waals surface area contributed by atoms with Crippen LogP contribution in [0.2, 0.25) is 0 Å². The highest BCUT2D eigenvalue weighted by atomic mass is 32.1. The molecule has 5 rings (SSSR count). The Hall–Kier alpha value is -4.94. The molecule has 0 radical (unpaired) electrons. The predicted octanol–water partition coefficient (Wildman–Crippen LogP) is 6.42. The second kappa shape index (κ2) is 13.8. The zero-order valence-electron chi connectivity index (χ0n) is 23.7. The maximum absolute atomic E-state index is 12.8. The van der Waals surface area contributed by atoms with Gasteiger partial charge in [0.05, 0.1) is 12.8 Å². The number of urea groups is 1. The summed E-state index contributed by atoms with van der Waals surface area (Å²) in [5.74, 6) is 0.668. The second-order valence-electron chi connectivity index (χ2n) is 9.53. The lowest BCUT2D eigenvalue weighted by Crippen LogP contribution is -2.31. The molecule has 0 bridgehead atoms. The van der Waals surface area contributed by atoms with Crippen molar-refractivity contribution in [1.82, 2.24) is 15.3 Å². The zero-order valence-corrected chi connectivity index (χ0v) is 25.3. The second-order valence-corrected chi connectivity index (χ2v) is 11.4. The number of anilines is 4. The summed E-state index contributed by atoms with van der Waals surface area (Å²) in [5.41, 5.74) is 10.0. The highest BCUT2D eigenvalue weighted by Crippen LogP contribution is 2.38. The van der Waals surface area contributed by atoms with Crippen LogP contribution >= 0.6 is 22.7 Å². The minimum absolute atomic E-state index is 0.240. The molecule has 0 saturated heterocycles. The van der Waals surface area contributed by atoms with Crippen LogP contribution in [0.3, 0.4) is 0 Å². The van der Waals surface area contributed by atoms with Gasteiger partial charge in [0.15, 0.2) is 5.13 Å². The van der Waals surface area contributed by atoms with Crippen molar-refractivity contribution in [1.29, 1.82) is 0 Å². The highest BCUT2D eigenvalue weighted by Gasteiger charge is 2.17. The summed E-state index contributed by atoms with van der Waals surface area (Å²) in [6.07, 6.45) is 0.790. The average molecular weight is 614 g/mol. The third-order valence-corrected chi connectivity index (χ3v) is 8.46. The Morgan fingerprint density at radius 3 is 2.60 bits per heavy atom. The van der Waals surface area contributed by atoms with Gasteiger partial charge in [-0.05, 0) is 48.9 Å². The molecule has 0 aliphatic rings. The van der Waals surface area contributed by atoms with Crippen molar-refractivity contribution in [2.24, 2.45) is 0 Å². The molecule has 3 aromatic carbocycles. The van der Waals surface area contributed by atoms with Crippen molar-refractivity contribution in [2.45, 2.75) is 6.42 Å². The summed E-state index contributed by atoms with van der Waals surface area (Å²) in [5, 5.41) is 11.6. The highest BCUT2D eigenvalue weighted by molar-refractivity contribution is 7.23. The molecule has 220 valence electrons. The molecule has 0 saturated carbocycles. The van der Waals surface area contributed by atoms with Gasteiger partial charge in [0.1, 0.15) is 21.5 Å². The lowest BCUT2D eigenvalue weighted by atomic mass is 10.1. The Bertz CT molecular complexity index is 1700. The number of nitrogens with one attached hydrogen (secondary N) is 3. The number of hydrogen-bond acceptors (Lipinski definition) is 9. The van der Waals surface area contributed by atoms with Gasteiger partial charge in [-0.1, -0.05) is 47.7 Å². The first kappa shape index (κ1) is 29.5. The average Bonchev–Trinajstić information content (AvgIpc) is 3.66. The van der Waals surface area contributed by atoms with Crippen LogP contribution in [-0.2, 0) is 0 Å². The molecule has 0 aliphatic heterocycles. The molecule has 0 atom stereocenters. The fraction of sp³-hybridized carbons (Fsp3) is 0.161. The molecule has 5 aromatic rings. The summed E-state index contributed by atoms with van der Waals surface area (Å²) < 4.78 is 5.21. The van der Waals surface area contributed by atoms with Crippen molar-refractivity contribution in [2.75, 3.05) is 48.5 Å². The number of thiazole rings is 2. The van der Waals surface area contributed by atoms with E-state index in [1.54, 1.807) is 31.4 Å². The van der Waals surface area contributed by atoms with E-state index in [9.17, 15) is 9.59 Å². The number of aromatic nitrogens is 2. The number of methoxy groups -OCH3 is 1. The molecule has 43 heavy (non-hydrogen) atoms. The summed E-state index contributed by atoms with van der Waals surface area (Å²) in [4.78, 5) is 37.1. The number of carbonyl (C=O) groups is 2. The first-order valence-corrected chi connectivity index (χ1v) is 15.2. The molecule has 12 heteroatoms. The normalized spacial score (nSPS) is 10.7.